The summed E-state index contributed by atoms with van der Waals surface area (Å²) in [5.74, 6) is -1.17. The first kappa shape index (κ1) is 26.2. The number of hydrogen-bond donors (Lipinski definition) is 1. The average Bonchev–Trinajstić information content (AvgIpc) is 2.58. The van der Waals surface area contributed by atoms with Gasteiger partial charge in [-0.25, -0.2) is 13.7 Å². The summed E-state index contributed by atoms with van der Waals surface area (Å²) in [4.78, 5) is 12.8. The standard InChI is InChI=1S/C19H23F6NO3S/c1-6-8-17(15(27)29-7-2,26-30(28)16(3,4)5)12-9-13(18(20,21)22)11-14(10-12)19(23,24)25/h6,9-11,26H,1,7-8H2,2-5H3/t17-,30?/m0/s1. The minimum atomic E-state index is -5.12. The maximum absolute atomic E-state index is 13.3. The molecular weight excluding hydrogens is 436 g/mol. The van der Waals surface area contributed by atoms with Crippen LogP contribution in [-0.4, -0.2) is 21.5 Å². The Hall–Kier alpha value is -1.88. The van der Waals surface area contributed by atoms with Crippen molar-refractivity contribution >= 4 is 17.0 Å². The van der Waals surface area contributed by atoms with Crippen LogP contribution in [0.25, 0.3) is 0 Å². The van der Waals surface area contributed by atoms with Crippen molar-refractivity contribution < 1.29 is 40.1 Å². The highest BCUT2D eigenvalue weighted by atomic mass is 32.2. The first-order valence-electron chi connectivity index (χ1n) is 8.76. The van der Waals surface area contributed by atoms with Crippen molar-refractivity contribution in [2.75, 3.05) is 6.61 Å². The molecule has 1 rings (SSSR count). The Bertz CT molecular complexity index is 782. The van der Waals surface area contributed by atoms with Gasteiger partial charge in [0.2, 0.25) is 0 Å². The molecule has 0 spiro atoms. The first-order chi connectivity index (χ1) is 13.5. The zero-order chi connectivity index (χ0) is 23.5. The number of carbonyl (C=O) groups is 1. The third-order valence-corrected chi connectivity index (χ3v) is 5.62. The second-order valence-electron chi connectivity index (χ2n) is 7.40. The van der Waals surface area contributed by atoms with E-state index in [1.807, 2.05) is 0 Å². The van der Waals surface area contributed by atoms with E-state index < -0.39 is 62.7 Å². The summed E-state index contributed by atoms with van der Waals surface area (Å²) in [7, 11) is -2.05. The number of nitrogens with one attached hydrogen (secondary N) is 1. The van der Waals surface area contributed by atoms with Crippen LogP contribution in [0, 0.1) is 0 Å². The molecule has 0 aromatic heterocycles. The molecule has 2 atom stereocenters. The number of carbonyl (C=O) groups excluding carboxylic acids is 1. The third kappa shape index (κ3) is 6.07. The second-order valence-corrected chi connectivity index (χ2v) is 9.36. The van der Waals surface area contributed by atoms with Crippen molar-refractivity contribution in [3.63, 3.8) is 0 Å². The van der Waals surface area contributed by atoms with E-state index in [1.54, 1.807) is 0 Å². The molecule has 170 valence electrons. The van der Waals surface area contributed by atoms with Crippen LogP contribution in [0.1, 0.15) is 50.8 Å². The molecule has 4 nitrogen and oxygen atoms in total. The number of alkyl halides is 6. The predicted octanol–water partition coefficient (Wildman–Crippen LogP) is 5.11. The number of benzene rings is 1. The molecule has 1 aromatic rings. The molecule has 0 saturated carbocycles. The van der Waals surface area contributed by atoms with Gasteiger partial charge in [0.25, 0.3) is 0 Å². The van der Waals surface area contributed by atoms with E-state index in [0.717, 1.165) is 6.08 Å². The van der Waals surface area contributed by atoms with E-state index in [9.17, 15) is 35.3 Å². The number of rotatable bonds is 7. The molecule has 11 heteroatoms. The van der Waals surface area contributed by atoms with E-state index in [0.29, 0.717) is 12.1 Å². The smallest absolute Gasteiger partial charge is 0.416 e. The van der Waals surface area contributed by atoms with Crippen LogP contribution in [0.4, 0.5) is 26.3 Å². The summed E-state index contributed by atoms with van der Waals surface area (Å²) >= 11 is 0. The van der Waals surface area contributed by atoms with Crippen LogP contribution >= 0.6 is 0 Å². The van der Waals surface area contributed by atoms with Gasteiger partial charge in [-0.15, -0.1) is 6.58 Å². The summed E-state index contributed by atoms with van der Waals surface area (Å²) < 4.78 is 99.0. The molecule has 0 aliphatic carbocycles. The van der Waals surface area contributed by atoms with Gasteiger partial charge in [-0.1, -0.05) is 6.08 Å². The lowest BCUT2D eigenvalue weighted by Crippen LogP contribution is -2.53. The maximum Gasteiger partial charge on any atom is 0.416 e. The number of hydrogen-bond acceptors (Lipinski definition) is 3. The zero-order valence-electron chi connectivity index (χ0n) is 16.8. The van der Waals surface area contributed by atoms with Crippen molar-refractivity contribution in [3.05, 3.63) is 47.5 Å². The number of esters is 1. The molecule has 0 heterocycles. The van der Waals surface area contributed by atoms with E-state index in [2.05, 4.69) is 11.3 Å². The molecule has 0 aliphatic rings. The highest BCUT2D eigenvalue weighted by molar-refractivity contribution is 7.84. The second kappa shape index (κ2) is 9.09. The fraction of sp³-hybridized carbons (Fsp3) is 0.526. The molecule has 1 N–H and O–H groups in total. The Labute approximate surface area is 173 Å². The van der Waals surface area contributed by atoms with Crippen molar-refractivity contribution in [2.24, 2.45) is 0 Å². The highest BCUT2D eigenvalue weighted by Gasteiger charge is 2.47. The Kier molecular flexibility index (Phi) is 7.92. The fourth-order valence-corrected chi connectivity index (χ4v) is 3.35. The fourth-order valence-electron chi connectivity index (χ4n) is 2.44. The molecule has 0 radical (unpaired) electrons. The molecule has 0 amide bonds. The molecule has 30 heavy (non-hydrogen) atoms. The van der Waals surface area contributed by atoms with Gasteiger partial charge >= 0.3 is 18.3 Å². The SMILES string of the molecule is C=CC[C@@](NS(=O)C(C)(C)C)(C(=O)OCC)c1cc(C(F)(F)F)cc(C(F)(F)F)c1. The Morgan fingerprint density at radius 1 is 1.03 bits per heavy atom. The number of ether oxygens (including phenoxy) is 1. The van der Waals surface area contributed by atoms with Crippen LogP contribution in [0.2, 0.25) is 0 Å². The summed E-state index contributed by atoms with van der Waals surface area (Å²) in [6.45, 7) is 9.22. The number of halogens is 6. The van der Waals surface area contributed by atoms with E-state index in [1.165, 1.54) is 27.7 Å². The van der Waals surface area contributed by atoms with Crippen LogP contribution in [0.3, 0.4) is 0 Å². The van der Waals surface area contributed by atoms with Crippen LogP contribution in [0.5, 0.6) is 0 Å². The predicted molar refractivity (Wildman–Crippen MR) is 101 cm³/mol. The monoisotopic (exact) mass is 459 g/mol. The topological polar surface area (TPSA) is 55.4 Å². The summed E-state index contributed by atoms with van der Waals surface area (Å²) in [6, 6.07) is 0.791. The van der Waals surface area contributed by atoms with Gasteiger partial charge in [0.15, 0.2) is 5.54 Å². The maximum atomic E-state index is 13.3. The third-order valence-electron chi connectivity index (χ3n) is 3.98. The van der Waals surface area contributed by atoms with Crippen molar-refractivity contribution in [1.29, 1.82) is 0 Å². The van der Waals surface area contributed by atoms with Gasteiger partial charge in [-0.3, -0.25) is 0 Å². The molecule has 0 fully saturated rings. The van der Waals surface area contributed by atoms with Crippen molar-refractivity contribution in [2.45, 2.75) is 56.8 Å². The largest absolute Gasteiger partial charge is 0.464 e. The lowest BCUT2D eigenvalue weighted by atomic mass is 9.85. The molecule has 1 aromatic carbocycles. The van der Waals surface area contributed by atoms with Crippen molar-refractivity contribution in [1.82, 2.24) is 4.72 Å². The van der Waals surface area contributed by atoms with E-state index in [4.69, 9.17) is 4.74 Å². The van der Waals surface area contributed by atoms with Crippen LogP contribution in [-0.2, 0) is 38.4 Å². The summed E-state index contributed by atoms with van der Waals surface area (Å²) in [5, 5.41) is 0. The molecule has 1 unspecified atom stereocenters. The van der Waals surface area contributed by atoms with Gasteiger partial charge < -0.3 is 4.74 Å². The quantitative estimate of drug-likeness (QED) is 0.350. The Balaban J connectivity index is 3.92. The highest BCUT2D eigenvalue weighted by Crippen LogP contribution is 2.40. The minimum Gasteiger partial charge on any atom is -0.464 e. The van der Waals surface area contributed by atoms with Gasteiger partial charge in [0, 0.05) is 0 Å². The first-order valence-corrected chi connectivity index (χ1v) is 9.91. The van der Waals surface area contributed by atoms with Gasteiger partial charge in [-0.05, 0) is 57.9 Å². The molecule has 0 saturated heterocycles. The van der Waals surface area contributed by atoms with Crippen LogP contribution in [0.15, 0.2) is 30.9 Å². The minimum absolute atomic E-state index is 0.0476. The van der Waals surface area contributed by atoms with Crippen LogP contribution < -0.4 is 4.72 Å². The van der Waals surface area contributed by atoms with Gasteiger partial charge in [0.05, 0.1) is 33.5 Å². The molecular formula is C19H23F6NO3S. The average molecular weight is 459 g/mol. The lowest BCUT2D eigenvalue weighted by Gasteiger charge is -2.35. The van der Waals surface area contributed by atoms with Gasteiger partial charge in [0.1, 0.15) is 0 Å². The lowest BCUT2D eigenvalue weighted by molar-refractivity contribution is -0.151. The van der Waals surface area contributed by atoms with E-state index >= 15 is 0 Å². The summed E-state index contributed by atoms with van der Waals surface area (Å²) in [6.07, 6.45) is -9.58. The Morgan fingerprint density at radius 2 is 1.47 bits per heavy atom. The van der Waals surface area contributed by atoms with Gasteiger partial charge in [-0.2, -0.15) is 26.3 Å². The molecule has 0 bridgehead atoms. The zero-order valence-corrected chi connectivity index (χ0v) is 17.6. The van der Waals surface area contributed by atoms with Crippen molar-refractivity contribution in [3.8, 4) is 0 Å². The van der Waals surface area contributed by atoms with E-state index in [-0.39, 0.29) is 12.7 Å². The molecule has 0 aliphatic heterocycles. The normalized spacial score (nSPS) is 15.9. The Morgan fingerprint density at radius 3 is 1.80 bits per heavy atom. The summed E-state index contributed by atoms with van der Waals surface area (Å²) in [5.41, 5.74) is -6.17.